The van der Waals surface area contributed by atoms with Crippen molar-refractivity contribution in [2.24, 2.45) is 0 Å². The van der Waals surface area contributed by atoms with E-state index in [4.69, 9.17) is 5.48 Å². The highest BCUT2D eigenvalue weighted by molar-refractivity contribution is 5.02. The van der Waals surface area contributed by atoms with Gasteiger partial charge in [-0.25, -0.2) is 0 Å². The van der Waals surface area contributed by atoms with Crippen LogP contribution in [0.2, 0.25) is 0 Å². The second-order valence-corrected chi connectivity index (χ2v) is 0.785. The molecule has 0 aromatic heterocycles. The van der Waals surface area contributed by atoms with Crippen LogP contribution in [0.1, 0.15) is 5.48 Å². The van der Waals surface area contributed by atoms with Gasteiger partial charge in [0.05, 0.1) is 11.7 Å². The van der Waals surface area contributed by atoms with Crippen LogP contribution in [0.3, 0.4) is 0 Å². The molecule has 32 valence electrons. The van der Waals surface area contributed by atoms with E-state index in [1.54, 1.807) is 0 Å². The molecule has 6 heavy (non-hydrogen) atoms. The average Bonchev–Trinajstić information content (AvgIpc) is 1.93. The zero-order valence-electron chi connectivity index (χ0n) is 7.06. The summed E-state index contributed by atoms with van der Waals surface area (Å²) in [5.41, 5.74) is 0. The van der Waals surface area contributed by atoms with Crippen molar-refractivity contribution in [1.29, 1.82) is 0 Å². The molecule has 0 saturated heterocycles. The van der Waals surface area contributed by atoms with E-state index in [-0.39, 0.29) is 18.2 Å². The monoisotopic (exact) mass is 86.1 g/mol. The van der Waals surface area contributed by atoms with E-state index >= 15 is 0 Å². The molecular weight excluding hydrogens is 76.1 g/mol. The van der Waals surface area contributed by atoms with Crippen LogP contribution < -0.4 is 0 Å². The number of rotatable bonds is 0. The molecule has 0 bridgehead atoms. The topological polar surface area (TPSA) is 9.23 Å². The largest absolute Gasteiger partial charge is 0.497 e. The van der Waals surface area contributed by atoms with Gasteiger partial charge in [0.2, 0.25) is 0 Å². The van der Waals surface area contributed by atoms with Gasteiger partial charge < -0.3 is 4.74 Å². The quantitative estimate of drug-likeness (QED) is 0.428. The Morgan fingerprint density at radius 2 is 2.83 bits per heavy atom. The summed E-state index contributed by atoms with van der Waals surface area (Å²) in [6, 6.07) is -0.632. The van der Waals surface area contributed by atoms with E-state index in [9.17, 15) is 0 Å². The second-order valence-electron chi connectivity index (χ2n) is 0.785. The van der Waals surface area contributed by atoms with Gasteiger partial charge in [0, 0.05) is 0 Å². The van der Waals surface area contributed by atoms with Gasteiger partial charge in [0.15, 0.2) is 0 Å². The summed E-state index contributed by atoms with van der Waals surface area (Å²) in [6.45, 7) is -1.12. The fraction of sp³-hybridized carbons (Fsp3) is 0.200. The van der Waals surface area contributed by atoms with Gasteiger partial charge >= 0.3 is 0 Å². The Balaban J connectivity index is 2.94. The van der Waals surface area contributed by atoms with E-state index in [0.717, 1.165) is 6.26 Å². The minimum Gasteiger partial charge on any atom is -0.497 e. The lowest BCUT2D eigenvalue weighted by molar-refractivity contribution is 0.286. The second kappa shape index (κ2) is 1.65. The molecule has 0 aromatic rings. The van der Waals surface area contributed by atoms with Gasteiger partial charge in [-0.2, -0.15) is 0 Å². The van der Waals surface area contributed by atoms with Crippen LogP contribution in [0.25, 0.3) is 0 Å². The zero-order chi connectivity index (χ0) is 7.72. The van der Waals surface area contributed by atoms with E-state index in [0.29, 0.717) is 0 Å². The highest BCUT2D eigenvalue weighted by atomic mass is 16.5. The molecule has 1 rings (SSSR count). The maximum atomic E-state index is 7.05. The Bertz CT molecular complexity index is 208. The maximum absolute atomic E-state index is 7.05. The fourth-order valence-corrected chi connectivity index (χ4v) is 0.203. The molecule has 0 aliphatic carbocycles. The van der Waals surface area contributed by atoms with Crippen molar-refractivity contribution in [3.05, 3.63) is 24.4 Å². The van der Waals surface area contributed by atoms with Gasteiger partial charge in [-0.05, 0) is 12.1 Å². The van der Waals surface area contributed by atoms with Crippen molar-refractivity contribution in [2.45, 2.75) is 0 Å². The van der Waals surface area contributed by atoms with Crippen LogP contribution in [-0.2, 0) is 4.74 Å². The summed E-state index contributed by atoms with van der Waals surface area (Å²) in [6.07, 6.45) is 1.01. The van der Waals surface area contributed by atoms with Crippen LogP contribution >= 0.6 is 0 Å². The summed E-state index contributed by atoms with van der Waals surface area (Å²) in [4.78, 5) is 0. The molecule has 1 unspecified atom stereocenters. The Morgan fingerprint density at radius 3 is 3.67 bits per heavy atom. The highest BCUT2D eigenvalue weighted by Crippen LogP contribution is 1.87. The van der Waals surface area contributed by atoms with Crippen molar-refractivity contribution in [2.75, 3.05) is 6.58 Å². The van der Waals surface area contributed by atoms with E-state index < -0.39 is 6.58 Å². The molecule has 1 nitrogen and oxygen atoms in total. The van der Waals surface area contributed by atoms with Crippen molar-refractivity contribution in [3.8, 4) is 0 Å². The molecule has 0 saturated carbocycles. The SMILES string of the molecule is [2H]C1=COC([2H])C([2H])=C1[2H]. The first-order valence-electron chi connectivity index (χ1n) is 3.63. The van der Waals surface area contributed by atoms with Gasteiger partial charge in [0.25, 0.3) is 0 Å². The van der Waals surface area contributed by atoms with Gasteiger partial charge in [-0.15, -0.1) is 0 Å². The van der Waals surface area contributed by atoms with Crippen LogP contribution in [0.5, 0.6) is 0 Å². The molecule has 0 amide bonds. The summed E-state index contributed by atoms with van der Waals surface area (Å²) in [7, 11) is 0. The summed E-state index contributed by atoms with van der Waals surface area (Å²) in [5.74, 6) is 0. The molecule has 0 aromatic carbocycles. The van der Waals surface area contributed by atoms with E-state index in [1.165, 1.54) is 0 Å². The molecule has 0 fully saturated rings. The molecule has 1 heteroatoms. The summed E-state index contributed by atoms with van der Waals surface area (Å²) < 4.78 is 32.6. The lowest BCUT2D eigenvalue weighted by Crippen LogP contribution is -1.82. The maximum Gasteiger partial charge on any atom is 0.106 e. The number of ether oxygens (including phenoxy) is 1. The Hall–Kier alpha value is -0.720. The molecule has 1 atom stereocenters. The minimum atomic E-state index is -1.12. The standard InChI is InChI=1S/C5H6O/c1-2-4-6-5-3-1/h1-4H,5H2/i1D,2D,3D,5D. The third kappa shape index (κ3) is 0.612. The normalized spacial score (nSPS) is 44.0. The first-order chi connectivity index (χ1) is 4.63. The first kappa shape index (κ1) is 1.12. The third-order valence-electron chi connectivity index (χ3n) is 0.398. The lowest BCUT2D eigenvalue weighted by Gasteiger charge is -1.94. The number of hydrogen-bond donors (Lipinski definition) is 0. The third-order valence-corrected chi connectivity index (χ3v) is 0.398. The van der Waals surface area contributed by atoms with Gasteiger partial charge in [-0.3, -0.25) is 0 Å². The molecule has 0 radical (unpaired) electrons. The van der Waals surface area contributed by atoms with Gasteiger partial charge in [0.1, 0.15) is 6.58 Å². The average molecular weight is 86.1 g/mol. The number of allylic oxidation sites excluding steroid dienone is 2. The zero-order valence-corrected chi connectivity index (χ0v) is 3.06. The predicted molar refractivity (Wildman–Crippen MR) is 24.2 cm³/mol. The highest BCUT2D eigenvalue weighted by Gasteiger charge is 1.75. The van der Waals surface area contributed by atoms with E-state index in [1.807, 2.05) is 0 Å². The fourth-order valence-electron chi connectivity index (χ4n) is 0.203. The number of hydrogen-bond acceptors (Lipinski definition) is 1. The van der Waals surface area contributed by atoms with Crippen LogP contribution in [0.4, 0.5) is 0 Å². The first-order valence-corrected chi connectivity index (χ1v) is 1.55. The van der Waals surface area contributed by atoms with Crippen molar-refractivity contribution in [3.63, 3.8) is 0 Å². The predicted octanol–water partition coefficient (Wildman–Crippen LogP) is 1.09. The van der Waals surface area contributed by atoms with Crippen molar-refractivity contribution < 1.29 is 10.2 Å². The smallest absolute Gasteiger partial charge is 0.106 e. The van der Waals surface area contributed by atoms with Gasteiger partial charge in [-0.1, -0.05) is 6.05 Å². The summed E-state index contributed by atoms with van der Waals surface area (Å²) >= 11 is 0. The molecule has 1 aliphatic rings. The summed E-state index contributed by atoms with van der Waals surface area (Å²) in [5, 5.41) is 0. The van der Waals surface area contributed by atoms with Crippen LogP contribution in [-0.4, -0.2) is 6.58 Å². The van der Waals surface area contributed by atoms with Crippen LogP contribution in [0, 0.1) is 0 Å². The Morgan fingerprint density at radius 1 is 1.83 bits per heavy atom. The molecular formula is C5H6O. The van der Waals surface area contributed by atoms with Crippen molar-refractivity contribution >= 4 is 0 Å². The Kier molecular flexibility index (Phi) is 0.309. The molecule has 0 N–H and O–H groups in total. The van der Waals surface area contributed by atoms with E-state index in [2.05, 4.69) is 4.74 Å². The van der Waals surface area contributed by atoms with Crippen LogP contribution in [0.15, 0.2) is 24.4 Å². The van der Waals surface area contributed by atoms with Crippen molar-refractivity contribution in [1.82, 2.24) is 0 Å². The Labute approximate surface area is 42.5 Å². The molecule has 0 spiro atoms. The lowest BCUT2D eigenvalue weighted by atomic mass is 10.5. The molecule has 1 aliphatic heterocycles. The molecule has 1 heterocycles. The minimum absolute atomic E-state index is 0.145.